The largest absolute Gasteiger partial charge is 0.493 e. The van der Waals surface area contributed by atoms with Crippen molar-refractivity contribution in [3.8, 4) is 5.75 Å². The molecule has 1 unspecified atom stereocenters. The van der Waals surface area contributed by atoms with E-state index in [9.17, 15) is 4.79 Å². The van der Waals surface area contributed by atoms with Crippen molar-refractivity contribution in [1.82, 2.24) is 5.32 Å². The van der Waals surface area contributed by atoms with Gasteiger partial charge in [0.05, 0.1) is 12.1 Å². The lowest BCUT2D eigenvalue weighted by Crippen LogP contribution is -2.54. The molecule has 1 aliphatic rings. The van der Waals surface area contributed by atoms with Crippen LogP contribution in [-0.4, -0.2) is 24.6 Å². The molecule has 1 fully saturated rings. The molecule has 1 aromatic rings. The topological polar surface area (TPSA) is 50.4 Å². The fourth-order valence-electron chi connectivity index (χ4n) is 2.45. The van der Waals surface area contributed by atoms with E-state index in [4.69, 9.17) is 4.74 Å². The second-order valence-corrected chi connectivity index (χ2v) is 6.40. The molecule has 22 heavy (non-hydrogen) atoms. The minimum absolute atomic E-state index is 0. The predicted octanol–water partition coefficient (Wildman–Crippen LogP) is 3.61. The van der Waals surface area contributed by atoms with Gasteiger partial charge >= 0.3 is 0 Å². The van der Waals surface area contributed by atoms with Crippen molar-refractivity contribution in [2.45, 2.75) is 45.6 Å². The van der Waals surface area contributed by atoms with Gasteiger partial charge in [0.2, 0.25) is 5.91 Å². The van der Waals surface area contributed by atoms with Crippen LogP contribution in [0, 0.1) is 5.92 Å². The molecular formula is C17H27ClN2O2. The quantitative estimate of drug-likeness (QED) is 0.869. The van der Waals surface area contributed by atoms with Gasteiger partial charge in [-0.3, -0.25) is 4.79 Å². The van der Waals surface area contributed by atoms with Crippen LogP contribution in [0.4, 0.5) is 5.69 Å². The zero-order chi connectivity index (χ0) is 15.3. The van der Waals surface area contributed by atoms with E-state index in [1.165, 1.54) is 0 Å². The molecule has 5 heteroatoms. The number of rotatable bonds is 5. The molecule has 1 amide bonds. The summed E-state index contributed by atoms with van der Waals surface area (Å²) in [4.78, 5) is 12.5. The first-order valence-electron chi connectivity index (χ1n) is 7.79. The van der Waals surface area contributed by atoms with Gasteiger partial charge in [-0.1, -0.05) is 19.9 Å². The molecule has 2 rings (SSSR count). The Balaban J connectivity index is 0.00000242. The van der Waals surface area contributed by atoms with Crippen molar-refractivity contribution in [2.75, 3.05) is 18.5 Å². The smallest absolute Gasteiger partial charge is 0.244 e. The van der Waals surface area contributed by atoms with E-state index in [1.807, 2.05) is 31.2 Å². The minimum Gasteiger partial charge on any atom is -0.493 e. The van der Waals surface area contributed by atoms with Crippen LogP contribution < -0.4 is 15.4 Å². The van der Waals surface area contributed by atoms with Gasteiger partial charge in [0.15, 0.2) is 0 Å². The third-order valence-corrected chi connectivity index (χ3v) is 3.80. The van der Waals surface area contributed by atoms with Crippen molar-refractivity contribution in [3.63, 3.8) is 0 Å². The van der Waals surface area contributed by atoms with Gasteiger partial charge in [0.1, 0.15) is 5.75 Å². The van der Waals surface area contributed by atoms with Crippen LogP contribution in [0.3, 0.4) is 0 Å². The third kappa shape index (κ3) is 5.18. The standard InChI is InChI=1S/C17H26N2O2.ClH/c1-13(2)12-21-15-8-6-7-14(11-15)19-16(20)17(3)9-4-5-10-18-17;/h6-8,11,13,18H,4-5,9-10,12H2,1-3H3,(H,19,20);1H. The Kier molecular flexibility index (Phi) is 7.17. The van der Waals surface area contributed by atoms with Crippen LogP contribution in [0.25, 0.3) is 0 Å². The number of carbonyl (C=O) groups is 1. The molecule has 0 radical (unpaired) electrons. The number of ether oxygens (including phenoxy) is 1. The lowest BCUT2D eigenvalue weighted by atomic mass is 9.90. The highest BCUT2D eigenvalue weighted by atomic mass is 35.5. The number of halogens is 1. The molecule has 1 heterocycles. The molecule has 0 saturated carbocycles. The summed E-state index contributed by atoms with van der Waals surface area (Å²) in [6.07, 6.45) is 3.11. The lowest BCUT2D eigenvalue weighted by Gasteiger charge is -2.33. The number of piperidine rings is 1. The van der Waals surface area contributed by atoms with E-state index in [-0.39, 0.29) is 18.3 Å². The highest BCUT2D eigenvalue weighted by Crippen LogP contribution is 2.23. The van der Waals surface area contributed by atoms with E-state index in [1.54, 1.807) is 0 Å². The molecule has 4 nitrogen and oxygen atoms in total. The summed E-state index contributed by atoms with van der Waals surface area (Å²) >= 11 is 0. The van der Waals surface area contributed by atoms with Crippen LogP contribution in [0.5, 0.6) is 5.75 Å². The number of amides is 1. The van der Waals surface area contributed by atoms with E-state index in [0.29, 0.717) is 12.5 Å². The highest BCUT2D eigenvalue weighted by molar-refractivity contribution is 5.98. The van der Waals surface area contributed by atoms with Gasteiger partial charge in [-0.2, -0.15) is 0 Å². The lowest BCUT2D eigenvalue weighted by molar-refractivity contribution is -0.122. The van der Waals surface area contributed by atoms with E-state index < -0.39 is 5.54 Å². The Morgan fingerprint density at radius 1 is 1.41 bits per heavy atom. The van der Waals surface area contributed by atoms with E-state index in [2.05, 4.69) is 24.5 Å². The molecule has 0 aliphatic carbocycles. The zero-order valence-electron chi connectivity index (χ0n) is 13.6. The first kappa shape index (κ1) is 18.8. The summed E-state index contributed by atoms with van der Waals surface area (Å²) < 4.78 is 5.69. The van der Waals surface area contributed by atoms with Crippen LogP contribution in [0.1, 0.15) is 40.0 Å². The molecular weight excluding hydrogens is 300 g/mol. The Morgan fingerprint density at radius 3 is 2.82 bits per heavy atom. The number of nitrogens with one attached hydrogen (secondary N) is 2. The summed E-state index contributed by atoms with van der Waals surface area (Å²) in [5.41, 5.74) is 0.322. The van der Waals surface area contributed by atoms with Crippen molar-refractivity contribution in [2.24, 2.45) is 5.92 Å². The highest BCUT2D eigenvalue weighted by Gasteiger charge is 2.34. The van der Waals surface area contributed by atoms with Crippen LogP contribution in [0.2, 0.25) is 0 Å². The molecule has 1 atom stereocenters. The third-order valence-electron chi connectivity index (χ3n) is 3.80. The molecule has 124 valence electrons. The predicted molar refractivity (Wildman–Crippen MR) is 92.9 cm³/mol. The second-order valence-electron chi connectivity index (χ2n) is 6.40. The van der Waals surface area contributed by atoms with Gasteiger partial charge in [-0.05, 0) is 50.8 Å². The second kappa shape index (κ2) is 8.39. The first-order chi connectivity index (χ1) is 9.99. The van der Waals surface area contributed by atoms with Gasteiger partial charge in [0, 0.05) is 11.8 Å². The monoisotopic (exact) mass is 326 g/mol. The molecule has 0 bridgehead atoms. The van der Waals surface area contributed by atoms with E-state index >= 15 is 0 Å². The number of hydrogen-bond donors (Lipinski definition) is 2. The Hall–Kier alpha value is -1.26. The minimum atomic E-state index is -0.465. The summed E-state index contributed by atoms with van der Waals surface area (Å²) in [7, 11) is 0. The first-order valence-corrected chi connectivity index (χ1v) is 7.79. The van der Waals surface area contributed by atoms with Gasteiger partial charge < -0.3 is 15.4 Å². The molecule has 0 spiro atoms. The van der Waals surface area contributed by atoms with Crippen molar-refractivity contribution in [1.29, 1.82) is 0 Å². The normalized spacial score (nSPS) is 21.1. The number of benzene rings is 1. The summed E-state index contributed by atoms with van der Waals surface area (Å²) in [6.45, 7) is 7.78. The van der Waals surface area contributed by atoms with Crippen LogP contribution in [0.15, 0.2) is 24.3 Å². The molecule has 1 aromatic carbocycles. The van der Waals surface area contributed by atoms with Crippen molar-refractivity contribution in [3.05, 3.63) is 24.3 Å². The number of carbonyl (C=O) groups excluding carboxylic acids is 1. The fraction of sp³-hybridized carbons (Fsp3) is 0.588. The molecule has 2 N–H and O–H groups in total. The number of anilines is 1. The molecule has 1 saturated heterocycles. The number of hydrogen-bond acceptors (Lipinski definition) is 3. The SMILES string of the molecule is CC(C)COc1cccc(NC(=O)C2(C)CCCCN2)c1.Cl. The van der Waals surface area contributed by atoms with Gasteiger partial charge in [-0.25, -0.2) is 0 Å². The fourth-order valence-corrected chi connectivity index (χ4v) is 2.45. The zero-order valence-corrected chi connectivity index (χ0v) is 14.5. The maximum atomic E-state index is 12.5. The van der Waals surface area contributed by atoms with Crippen molar-refractivity contribution < 1.29 is 9.53 Å². The average Bonchev–Trinajstić information content (AvgIpc) is 2.46. The van der Waals surface area contributed by atoms with Gasteiger partial charge in [-0.15, -0.1) is 12.4 Å². The van der Waals surface area contributed by atoms with E-state index in [0.717, 1.165) is 37.2 Å². The maximum Gasteiger partial charge on any atom is 0.244 e. The van der Waals surface area contributed by atoms with Crippen LogP contribution >= 0.6 is 12.4 Å². The van der Waals surface area contributed by atoms with Gasteiger partial charge in [0.25, 0.3) is 0 Å². The summed E-state index contributed by atoms with van der Waals surface area (Å²) in [5.74, 6) is 1.31. The molecule has 1 aliphatic heterocycles. The maximum absolute atomic E-state index is 12.5. The van der Waals surface area contributed by atoms with Crippen LogP contribution in [-0.2, 0) is 4.79 Å². The average molecular weight is 327 g/mol. The summed E-state index contributed by atoms with van der Waals surface area (Å²) in [5, 5.41) is 6.33. The Bertz CT molecular complexity index is 485. The van der Waals surface area contributed by atoms with Crippen molar-refractivity contribution >= 4 is 24.0 Å². The Morgan fingerprint density at radius 2 is 2.18 bits per heavy atom. The Labute approximate surface area is 139 Å². The molecule has 0 aromatic heterocycles. The summed E-state index contributed by atoms with van der Waals surface area (Å²) in [6, 6.07) is 7.60.